The molecule has 1 aromatic carbocycles. The van der Waals surface area contributed by atoms with Gasteiger partial charge in [0.2, 0.25) is 5.91 Å². The predicted molar refractivity (Wildman–Crippen MR) is 125 cm³/mol. The number of benzene rings is 1. The van der Waals surface area contributed by atoms with Gasteiger partial charge in [0.1, 0.15) is 5.75 Å². The highest BCUT2D eigenvalue weighted by molar-refractivity contribution is 5.87. The molecule has 1 aliphatic carbocycles. The molecule has 0 spiro atoms. The second-order valence-corrected chi connectivity index (χ2v) is 8.97. The summed E-state index contributed by atoms with van der Waals surface area (Å²) in [5.74, 6) is 2.53. The van der Waals surface area contributed by atoms with Gasteiger partial charge >= 0.3 is 0 Å². The third-order valence-corrected chi connectivity index (χ3v) is 6.94. The number of fused-ring (bicyclic) bond motifs is 1. The van der Waals surface area contributed by atoms with Gasteiger partial charge in [-0.15, -0.1) is 0 Å². The van der Waals surface area contributed by atoms with Crippen LogP contribution in [-0.4, -0.2) is 46.2 Å². The Balaban J connectivity index is 1.28. The molecular weight excluding hydrogens is 402 g/mol. The Morgan fingerprint density at radius 2 is 2.00 bits per heavy atom. The topological polar surface area (TPSA) is 83.1 Å². The zero-order valence-electron chi connectivity index (χ0n) is 18.6. The molecule has 1 aliphatic heterocycles. The first-order valence-electron chi connectivity index (χ1n) is 11.7. The monoisotopic (exact) mass is 433 g/mol. The summed E-state index contributed by atoms with van der Waals surface area (Å²) in [6.07, 6.45) is 6.61. The van der Waals surface area contributed by atoms with Crippen LogP contribution in [0.4, 0.5) is 5.82 Å². The van der Waals surface area contributed by atoms with Crippen LogP contribution in [0.3, 0.4) is 0 Å². The second-order valence-electron chi connectivity index (χ2n) is 8.97. The van der Waals surface area contributed by atoms with Gasteiger partial charge in [0.25, 0.3) is 0 Å². The molecule has 168 valence electrons. The quantitative estimate of drug-likeness (QED) is 0.599. The Bertz CT molecular complexity index is 1090. The van der Waals surface area contributed by atoms with Crippen molar-refractivity contribution in [3.8, 4) is 5.75 Å². The second kappa shape index (κ2) is 9.18. The van der Waals surface area contributed by atoms with E-state index in [0.29, 0.717) is 12.5 Å². The van der Waals surface area contributed by atoms with Crippen molar-refractivity contribution in [1.29, 1.82) is 0 Å². The summed E-state index contributed by atoms with van der Waals surface area (Å²) in [6, 6.07) is 12.1. The fourth-order valence-electron chi connectivity index (χ4n) is 5.16. The number of hydrogen-bond donors (Lipinski definition) is 2. The summed E-state index contributed by atoms with van der Waals surface area (Å²) in [7, 11) is 1.68. The van der Waals surface area contributed by atoms with Crippen LogP contribution >= 0.6 is 0 Å². The zero-order chi connectivity index (χ0) is 21.9. The number of amides is 1. The first kappa shape index (κ1) is 20.8. The van der Waals surface area contributed by atoms with E-state index in [1.807, 2.05) is 24.3 Å². The summed E-state index contributed by atoms with van der Waals surface area (Å²) < 4.78 is 5.43. The molecule has 2 aromatic heterocycles. The van der Waals surface area contributed by atoms with Crippen LogP contribution in [0.25, 0.3) is 11.0 Å². The molecule has 0 bridgehead atoms. The number of carbonyl (C=O) groups is 1. The molecule has 2 fully saturated rings. The smallest absolute Gasteiger partial charge is 0.225 e. The van der Waals surface area contributed by atoms with E-state index in [1.165, 1.54) is 12.8 Å². The van der Waals surface area contributed by atoms with Gasteiger partial charge < -0.3 is 15.0 Å². The number of H-pyrrole nitrogens is 1. The molecule has 2 N–H and O–H groups in total. The molecule has 1 saturated heterocycles. The van der Waals surface area contributed by atoms with Gasteiger partial charge in [-0.3, -0.25) is 9.89 Å². The van der Waals surface area contributed by atoms with E-state index in [1.54, 1.807) is 7.11 Å². The van der Waals surface area contributed by atoms with E-state index in [-0.39, 0.29) is 11.8 Å². The molecule has 7 nitrogen and oxygen atoms in total. The Morgan fingerprint density at radius 3 is 2.84 bits per heavy atom. The normalized spacial score (nSPS) is 19.4. The highest BCUT2D eigenvalue weighted by Crippen LogP contribution is 2.32. The van der Waals surface area contributed by atoms with Crippen LogP contribution in [0.1, 0.15) is 55.7 Å². The third kappa shape index (κ3) is 4.16. The average Bonchev–Trinajstić information content (AvgIpc) is 3.52. The van der Waals surface area contributed by atoms with Crippen LogP contribution in [0.2, 0.25) is 0 Å². The number of ether oxygens (including phenoxy) is 1. The van der Waals surface area contributed by atoms with Crippen molar-refractivity contribution in [2.45, 2.75) is 51.0 Å². The lowest BCUT2D eigenvalue weighted by atomic mass is 9.93. The lowest BCUT2D eigenvalue weighted by Gasteiger charge is -2.34. The van der Waals surface area contributed by atoms with Crippen molar-refractivity contribution < 1.29 is 9.53 Å². The highest BCUT2D eigenvalue weighted by atomic mass is 16.5. The zero-order valence-corrected chi connectivity index (χ0v) is 18.6. The van der Waals surface area contributed by atoms with Gasteiger partial charge in [0.05, 0.1) is 12.5 Å². The average molecular weight is 434 g/mol. The largest absolute Gasteiger partial charge is 0.496 e. The number of piperidine rings is 1. The summed E-state index contributed by atoms with van der Waals surface area (Å²) in [6.45, 7) is 2.28. The molecule has 0 radical (unpaired) electrons. The fourth-order valence-corrected chi connectivity index (χ4v) is 5.16. The Kier molecular flexibility index (Phi) is 5.97. The van der Waals surface area contributed by atoms with E-state index < -0.39 is 0 Å². The number of nitrogens with zero attached hydrogens (tertiary/aromatic N) is 3. The summed E-state index contributed by atoms with van der Waals surface area (Å²) in [5.41, 5.74) is 2.90. The van der Waals surface area contributed by atoms with Crippen LogP contribution in [0.15, 0.2) is 36.4 Å². The Morgan fingerprint density at radius 1 is 1.16 bits per heavy atom. The van der Waals surface area contributed by atoms with E-state index in [9.17, 15) is 4.79 Å². The minimum Gasteiger partial charge on any atom is -0.496 e. The number of aromatic amines is 1. The third-order valence-electron chi connectivity index (χ3n) is 6.94. The molecule has 3 heterocycles. The lowest BCUT2D eigenvalue weighted by Crippen LogP contribution is -2.42. The SMILES string of the molecule is COc1ccccc1CNc1n[nH]c2nc([C@H]3CCCN(C(=O)C4CCCC4)C3)ccc12. The highest BCUT2D eigenvalue weighted by Gasteiger charge is 2.31. The van der Waals surface area contributed by atoms with Gasteiger partial charge in [0, 0.05) is 42.7 Å². The lowest BCUT2D eigenvalue weighted by molar-refractivity contribution is -0.136. The summed E-state index contributed by atoms with van der Waals surface area (Å²) >= 11 is 0. The van der Waals surface area contributed by atoms with Crippen LogP contribution in [-0.2, 0) is 11.3 Å². The summed E-state index contributed by atoms with van der Waals surface area (Å²) in [5, 5.41) is 11.9. The van der Waals surface area contributed by atoms with Gasteiger partial charge in [-0.1, -0.05) is 31.0 Å². The molecule has 32 heavy (non-hydrogen) atoms. The van der Waals surface area contributed by atoms with Gasteiger partial charge in [-0.2, -0.15) is 5.10 Å². The van der Waals surface area contributed by atoms with Crippen LogP contribution < -0.4 is 10.1 Å². The minimum atomic E-state index is 0.244. The van der Waals surface area contributed by atoms with Crippen LogP contribution in [0.5, 0.6) is 5.75 Å². The number of pyridine rings is 1. The standard InChI is InChI=1S/C25H31N5O2/c1-32-22-11-5-4-9-18(22)15-26-23-20-12-13-21(27-24(20)29-28-23)19-10-6-14-30(16-19)25(31)17-7-2-3-8-17/h4-5,9,11-13,17,19H,2-3,6-8,10,14-16H2,1H3,(H2,26,27,28,29)/t19-/m0/s1. The van der Waals surface area contributed by atoms with E-state index >= 15 is 0 Å². The molecule has 1 atom stereocenters. The van der Waals surface area contributed by atoms with E-state index in [2.05, 4.69) is 32.5 Å². The van der Waals surface area contributed by atoms with Crippen molar-refractivity contribution in [2.24, 2.45) is 5.92 Å². The summed E-state index contributed by atoms with van der Waals surface area (Å²) in [4.78, 5) is 19.9. The maximum Gasteiger partial charge on any atom is 0.225 e. The molecule has 3 aromatic rings. The van der Waals surface area contributed by atoms with Crippen molar-refractivity contribution in [3.63, 3.8) is 0 Å². The maximum atomic E-state index is 12.9. The maximum absolute atomic E-state index is 12.9. The first-order chi connectivity index (χ1) is 15.7. The number of nitrogens with one attached hydrogen (secondary N) is 2. The number of para-hydroxylation sites is 1. The number of aromatic nitrogens is 3. The van der Waals surface area contributed by atoms with Crippen molar-refractivity contribution in [1.82, 2.24) is 20.1 Å². The van der Waals surface area contributed by atoms with Crippen molar-refractivity contribution in [3.05, 3.63) is 47.7 Å². The number of likely N-dealkylation sites (tertiary alicyclic amines) is 1. The Hall–Kier alpha value is -3.09. The molecular formula is C25H31N5O2. The van der Waals surface area contributed by atoms with Gasteiger partial charge in [-0.25, -0.2) is 4.98 Å². The minimum absolute atomic E-state index is 0.244. The van der Waals surface area contributed by atoms with Crippen LogP contribution in [0, 0.1) is 5.92 Å². The molecule has 7 heteroatoms. The molecule has 2 aliphatic rings. The Labute approximate surface area is 188 Å². The van der Waals surface area contributed by atoms with Crippen molar-refractivity contribution in [2.75, 3.05) is 25.5 Å². The fraction of sp³-hybridized carbons (Fsp3) is 0.480. The number of rotatable bonds is 6. The molecule has 1 amide bonds. The van der Waals surface area contributed by atoms with Gasteiger partial charge in [-0.05, 0) is 43.9 Å². The van der Waals surface area contributed by atoms with E-state index in [0.717, 1.165) is 72.6 Å². The van der Waals surface area contributed by atoms with Gasteiger partial charge in [0.15, 0.2) is 11.5 Å². The predicted octanol–water partition coefficient (Wildman–Crippen LogP) is 4.47. The number of hydrogen-bond acceptors (Lipinski definition) is 5. The molecule has 0 unspecified atom stereocenters. The number of methoxy groups -OCH3 is 1. The number of anilines is 1. The van der Waals surface area contributed by atoms with E-state index in [4.69, 9.17) is 9.72 Å². The first-order valence-corrected chi connectivity index (χ1v) is 11.7. The molecule has 1 saturated carbocycles. The number of carbonyl (C=O) groups excluding carboxylic acids is 1. The van der Waals surface area contributed by atoms with Crippen molar-refractivity contribution >= 4 is 22.8 Å². The molecule has 5 rings (SSSR count).